The molecule has 6 heteroatoms. The van der Waals surface area contributed by atoms with Crippen molar-refractivity contribution in [1.82, 2.24) is 10.2 Å². The Morgan fingerprint density at radius 1 is 1.08 bits per heavy atom. The number of nitrogens with one attached hydrogen (secondary N) is 1. The molecule has 0 bridgehead atoms. The zero-order chi connectivity index (χ0) is 16.2. The fourth-order valence-corrected chi connectivity index (χ4v) is 4.48. The van der Waals surface area contributed by atoms with E-state index in [1.165, 1.54) is 43.4 Å². The van der Waals surface area contributed by atoms with Crippen molar-refractivity contribution in [3.05, 3.63) is 28.8 Å². The average Bonchev–Trinajstić information content (AvgIpc) is 2.58. The minimum absolute atomic E-state index is 0. The predicted molar refractivity (Wildman–Crippen MR) is 114 cm³/mol. The van der Waals surface area contributed by atoms with Gasteiger partial charge in [-0.15, -0.1) is 24.8 Å². The highest BCUT2D eigenvalue weighted by molar-refractivity contribution is 6.31. The van der Waals surface area contributed by atoms with Crippen molar-refractivity contribution >= 4 is 42.1 Å². The summed E-state index contributed by atoms with van der Waals surface area (Å²) in [6, 6.07) is 7.12. The van der Waals surface area contributed by atoms with Gasteiger partial charge >= 0.3 is 0 Å². The van der Waals surface area contributed by atoms with Gasteiger partial charge in [0.25, 0.3) is 0 Å². The minimum atomic E-state index is 0. The topological polar surface area (TPSA) is 18.5 Å². The summed E-state index contributed by atoms with van der Waals surface area (Å²) in [6.45, 7) is 4.45. The van der Waals surface area contributed by atoms with Crippen LogP contribution in [0.4, 0.5) is 5.69 Å². The van der Waals surface area contributed by atoms with Crippen LogP contribution in [-0.4, -0.2) is 45.2 Å². The third-order valence-corrected chi connectivity index (χ3v) is 5.79. The summed E-state index contributed by atoms with van der Waals surface area (Å²) in [4.78, 5) is 4.79. The maximum Gasteiger partial charge on any atom is 0.0474 e. The van der Waals surface area contributed by atoms with E-state index in [1.807, 2.05) is 0 Å². The van der Waals surface area contributed by atoms with Crippen LogP contribution in [0.25, 0.3) is 0 Å². The van der Waals surface area contributed by atoms with E-state index in [0.29, 0.717) is 6.04 Å². The lowest BCUT2D eigenvalue weighted by Gasteiger charge is -2.41. The number of halogens is 3. The molecule has 1 heterocycles. The lowest BCUT2D eigenvalue weighted by Crippen LogP contribution is -2.47. The Hall–Kier alpha value is -0.190. The van der Waals surface area contributed by atoms with Gasteiger partial charge in [0.2, 0.25) is 0 Å². The molecule has 1 N–H and O–H groups in total. The van der Waals surface area contributed by atoms with Crippen LogP contribution in [0.2, 0.25) is 5.02 Å². The van der Waals surface area contributed by atoms with Gasteiger partial charge in [-0.3, -0.25) is 4.90 Å². The van der Waals surface area contributed by atoms with Gasteiger partial charge in [0.1, 0.15) is 0 Å². The van der Waals surface area contributed by atoms with Gasteiger partial charge in [-0.2, -0.15) is 0 Å². The molecule has 1 saturated heterocycles. The van der Waals surface area contributed by atoms with Gasteiger partial charge in [0.05, 0.1) is 0 Å². The smallest absolute Gasteiger partial charge is 0.0474 e. The van der Waals surface area contributed by atoms with Crippen molar-refractivity contribution in [2.24, 2.45) is 5.92 Å². The first kappa shape index (κ1) is 22.9. The molecule has 1 aliphatic carbocycles. The Bertz CT molecular complexity index is 495. The highest BCUT2D eigenvalue weighted by Crippen LogP contribution is 2.41. The molecule has 0 aromatic heterocycles. The summed E-state index contributed by atoms with van der Waals surface area (Å²) < 4.78 is 0. The number of hydrogen-bond acceptors (Lipinski definition) is 3. The fourth-order valence-electron chi connectivity index (χ4n) is 4.19. The number of nitrogens with zero attached hydrogens (tertiary/aromatic N) is 2. The van der Waals surface area contributed by atoms with Gasteiger partial charge in [-0.05, 0) is 36.5 Å². The summed E-state index contributed by atoms with van der Waals surface area (Å²) >= 11 is 6.74. The molecule has 1 saturated carbocycles. The Morgan fingerprint density at radius 3 is 2.28 bits per heavy atom. The van der Waals surface area contributed by atoms with Crippen molar-refractivity contribution in [3.63, 3.8) is 0 Å². The molecule has 1 aromatic rings. The Balaban J connectivity index is 0.00000156. The Labute approximate surface area is 170 Å². The van der Waals surface area contributed by atoms with Crippen molar-refractivity contribution in [3.8, 4) is 0 Å². The molecule has 25 heavy (non-hydrogen) atoms. The number of rotatable bonds is 4. The lowest BCUT2D eigenvalue weighted by molar-refractivity contribution is 0.103. The Morgan fingerprint density at radius 2 is 1.72 bits per heavy atom. The Kier molecular flexibility index (Phi) is 9.91. The maximum atomic E-state index is 6.74. The molecule has 2 fully saturated rings. The third-order valence-electron chi connectivity index (χ3n) is 5.46. The van der Waals surface area contributed by atoms with E-state index < -0.39 is 0 Å². The first-order valence-corrected chi connectivity index (χ1v) is 9.46. The van der Waals surface area contributed by atoms with Crippen LogP contribution in [0.15, 0.2) is 18.2 Å². The molecule has 2 aliphatic rings. The molecule has 0 radical (unpaired) electrons. The van der Waals surface area contributed by atoms with Crippen LogP contribution in [-0.2, 0) is 0 Å². The van der Waals surface area contributed by atoms with Crippen LogP contribution in [0.1, 0.15) is 43.7 Å². The summed E-state index contributed by atoms with van der Waals surface area (Å²) in [5.41, 5.74) is 2.52. The van der Waals surface area contributed by atoms with E-state index in [1.54, 1.807) is 0 Å². The monoisotopic (exact) mass is 407 g/mol. The molecule has 1 aromatic carbocycles. The normalized spacial score (nSPS) is 20.3. The molecular weight excluding hydrogens is 377 g/mol. The van der Waals surface area contributed by atoms with E-state index >= 15 is 0 Å². The van der Waals surface area contributed by atoms with Gasteiger partial charge in [0.15, 0.2) is 0 Å². The standard InChI is InChI=1S/C19H30ClN3.2ClH/c1-22(2)16-8-9-17(18(20)14-16)19(15-6-4-3-5-7-15)23-12-10-21-11-13-23;;/h8-9,14-15,19,21H,3-7,10-13H2,1-2H3;2*1H/t19-;;/m0../s1. The van der Waals surface area contributed by atoms with Gasteiger partial charge in [0, 0.05) is 57.0 Å². The second-order valence-electron chi connectivity index (χ2n) is 7.23. The predicted octanol–water partition coefficient (Wildman–Crippen LogP) is 4.78. The van der Waals surface area contributed by atoms with Crippen LogP contribution in [0, 0.1) is 5.92 Å². The van der Waals surface area contributed by atoms with Crippen molar-refractivity contribution in [2.45, 2.75) is 38.1 Å². The van der Waals surface area contributed by atoms with Crippen LogP contribution in [0.3, 0.4) is 0 Å². The van der Waals surface area contributed by atoms with Gasteiger partial charge in [-0.1, -0.05) is 36.9 Å². The molecular formula is C19H32Cl3N3. The third kappa shape index (κ3) is 5.64. The van der Waals surface area contributed by atoms with Crippen LogP contribution >= 0.6 is 36.4 Å². The molecule has 3 nitrogen and oxygen atoms in total. The SMILES string of the molecule is CN(C)c1ccc([C@H](C2CCCCC2)N2CCNCC2)c(Cl)c1.Cl.Cl. The lowest BCUT2D eigenvalue weighted by atomic mass is 9.80. The number of benzene rings is 1. The summed E-state index contributed by atoms with van der Waals surface area (Å²) in [5, 5.41) is 4.42. The van der Waals surface area contributed by atoms with E-state index in [9.17, 15) is 0 Å². The van der Waals surface area contributed by atoms with Crippen LogP contribution < -0.4 is 10.2 Å². The highest BCUT2D eigenvalue weighted by Gasteiger charge is 2.32. The van der Waals surface area contributed by atoms with Crippen molar-refractivity contribution in [2.75, 3.05) is 45.2 Å². The summed E-state index contributed by atoms with van der Waals surface area (Å²) in [6.07, 6.45) is 6.85. The molecule has 1 aliphatic heterocycles. The van der Waals surface area contributed by atoms with Crippen LogP contribution in [0.5, 0.6) is 0 Å². The van der Waals surface area contributed by atoms with E-state index in [-0.39, 0.29) is 24.8 Å². The van der Waals surface area contributed by atoms with Gasteiger partial charge < -0.3 is 10.2 Å². The molecule has 1 atom stereocenters. The summed E-state index contributed by atoms with van der Waals surface area (Å²) in [7, 11) is 4.14. The molecule has 0 spiro atoms. The quantitative estimate of drug-likeness (QED) is 0.773. The second kappa shape index (κ2) is 10.8. The first-order chi connectivity index (χ1) is 11.2. The zero-order valence-corrected chi connectivity index (χ0v) is 17.7. The second-order valence-corrected chi connectivity index (χ2v) is 7.64. The number of anilines is 1. The molecule has 0 unspecified atom stereocenters. The maximum absolute atomic E-state index is 6.74. The van der Waals surface area contributed by atoms with E-state index in [0.717, 1.165) is 37.1 Å². The molecule has 144 valence electrons. The van der Waals surface area contributed by atoms with Crippen molar-refractivity contribution < 1.29 is 0 Å². The summed E-state index contributed by atoms with van der Waals surface area (Å²) in [5.74, 6) is 0.754. The van der Waals surface area contributed by atoms with Gasteiger partial charge in [-0.25, -0.2) is 0 Å². The first-order valence-electron chi connectivity index (χ1n) is 9.08. The van der Waals surface area contributed by atoms with Crippen molar-refractivity contribution in [1.29, 1.82) is 0 Å². The average molecular weight is 409 g/mol. The molecule has 0 amide bonds. The van der Waals surface area contributed by atoms with E-state index in [4.69, 9.17) is 11.6 Å². The zero-order valence-electron chi connectivity index (χ0n) is 15.3. The van der Waals surface area contributed by atoms with E-state index in [2.05, 4.69) is 47.4 Å². The minimum Gasteiger partial charge on any atom is -0.378 e. The molecule has 3 rings (SSSR count). The largest absolute Gasteiger partial charge is 0.378 e. The highest BCUT2D eigenvalue weighted by atomic mass is 35.5. The number of piperazine rings is 1. The number of hydrogen-bond donors (Lipinski definition) is 1. The fraction of sp³-hybridized carbons (Fsp3) is 0.684.